The van der Waals surface area contributed by atoms with Gasteiger partial charge in [-0.15, -0.1) is 0 Å². The first-order chi connectivity index (χ1) is 6.03. The summed E-state index contributed by atoms with van der Waals surface area (Å²) in [6.07, 6.45) is 1.53. The van der Waals surface area contributed by atoms with E-state index >= 15 is 0 Å². The van der Waals surface area contributed by atoms with Gasteiger partial charge in [-0.25, -0.2) is 4.98 Å². The van der Waals surface area contributed by atoms with Crippen LogP contribution >= 0.6 is 11.5 Å². The molecular formula is C8H15N3OS. The quantitative estimate of drug-likeness (QED) is 0.793. The zero-order chi connectivity index (χ0) is 9.90. The first-order valence-corrected chi connectivity index (χ1v) is 5.04. The lowest BCUT2D eigenvalue weighted by atomic mass is 10.1. The van der Waals surface area contributed by atoms with Gasteiger partial charge < -0.3 is 10.0 Å². The van der Waals surface area contributed by atoms with Crippen molar-refractivity contribution < 1.29 is 5.11 Å². The van der Waals surface area contributed by atoms with Gasteiger partial charge in [0.1, 0.15) is 6.33 Å². The predicted molar refractivity (Wildman–Crippen MR) is 54.1 cm³/mol. The molecule has 1 N–H and O–H groups in total. The van der Waals surface area contributed by atoms with E-state index in [9.17, 15) is 5.11 Å². The third-order valence-corrected chi connectivity index (χ3v) is 2.31. The van der Waals surface area contributed by atoms with Crippen LogP contribution in [0.5, 0.6) is 0 Å². The highest BCUT2D eigenvalue weighted by atomic mass is 32.1. The van der Waals surface area contributed by atoms with E-state index in [2.05, 4.69) is 9.36 Å². The number of hydrogen-bond acceptors (Lipinski definition) is 5. The summed E-state index contributed by atoms with van der Waals surface area (Å²) in [5, 5.41) is 10.5. The van der Waals surface area contributed by atoms with Gasteiger partial charge in [0.2, 0.25) is 5.13 Å². The fourth-order valence-corrected chi connectivity index (χ4v) is 1.68. The van der Waals surface area contributed by atoms with Gasteiger partial charge in [-0.05, 0) is 20.8 Å². The Hall–Kier alpha value is -0.680. The summed E-state index contributed by atoms with van der Waals surface area (Å²) in [5.74, 6) is 0. The van der Waals surface area contributed by atoms with Gasteiger partial charge in [0.15, 0.2) is 0 Å². The van der Waals surface area contributed by atoms with Crippen LogP contribution in [0.3, 0.4) is 0 Å². The molecule has 0 radical (unpaired) electrons. The fourth-order valence-electron chi connectivity index (χ4n) is 1.09. The molecule has 0 unspecified atom stereocenters. The number of anilines is 1. The molecule has 0 spiro atoms. The largest absolute Gasteiger partial charge is 0.389 e. The average molecular weight is 201 g/mol. The average Bonchev–Trinajstić information content (AvgIpc) is 2.50. The van der Waals surface area contributed by atoms with E-state index in [-0.39, 0.29) is 0 Å². The van der Waals surface area contributed by atoms with E-state index in [1.165, 1.54) is 17.9 Å². The molecule has 0 aliphatic heterocycles. The van der Waals surface area contributed by atoms with Crippen molar-refractivity contribution in [2.24, 2.45) is 0 Å². The van der Waals surface area contributed by atoms with Crippen molar-refractivity contribution in [1.29, 1.82) is 0 Å². The topological polar surface area (TPSA) is 49.2 Å². The van der Waals surface area contributed by atoms with Crippen LogP contribution in [-0.2, 0) is 0 Å². The molecule has 0 bridgehead atoms. The molecule has 13 heavy (non-hydrogen) atoms. The second kappa shape index (κ2) is 4.02. The highest BCUT2D eigenvalue weighted by Crippen LogP contribution is 2.17. The minimum Gasteiger partial charge on any atom is -0.389 e. The zero-order valence-electron chi connectivity index (χ0n) is 8.19. The third-order valence-electron chi connectivity index (χ3n) is 1.58. The Balaban J connectivity index is 2.64. The summed E-state index contributed by atoms with van der Waals surface area (Å²) in [5.41, 5.74) is -0.693. The van der Waals surface area contributed by atoms with Gasteiger partial charge >= 0.3 is 0 Å². The highest BCUT2D eigenvalue weighted by molar-refractivity contribution is 7.09. The molecule has 0 fully saturated rings. The van der Waals surface area contributed by atoms with Crippen LogP contribution in [0.2, 0.25) is 0 Å². The first-order valence-electron chi connectivity index (χ1n) is 4.27. The second-order valence-electron chi connectivity index (χ2n) is 3.55. The predicted octanol–water partition coefficient (Wildman–Crippen LogP) is 1.14. The lowest BCUT2D eigenvalue weighted by molar-refractivity contribution is 0.0876. The third kappa shape index (κ3) is 3.28. The molecule has 0 atom stereocenters. The summed E-state index contributed by atoms with van der Waals surface area (Å²) in [7, 11) is 0. The Morgan fingerprint density at radius 2 is 2.31 bits per heavy atom. The summed E-state index contributed by atoms with van der Waals surface area (Å²) >= 11 is 1.35. The zero-order valence-corrected chi connectivity index (χ0v) is 9.01. The number of likely N-dealkylation sites (N-methyl/N-ethyl adjacent to an activating group) is 1. The van der Waals surface area contributed by atoms with Crippen LogP contribution in [0.4, 0.5) is 5.13 Å². The Kier molecular flexibility index (Phi) is 3.22. The van der Waals surface area contributed by atoms with Gasteiger partial charge in [0.05, 0.1) is 5.60 Å². The molecule has 0 saturated carbocycles. The molecule has 1 rings (SSSR count). The molecule has 1 aromatic rings. The maximum atomic E-state index is 9.63. The van der Waals surface area contributed by atoms with Crippen molar-refractivity contribution in [2.75, 3.05) is 18.0 Å². The van der Waals surface area contributed by atoms with Crippen molar-refractivity contribution in [3.8, 4) is 0 Å². The van der Waals surface area contributed by atoms with Crippen molar-refractivity contribution in [2.45, 2.75) is 26.4 Å². The van der Waals surface area contributed by atoms with Gasteiger partial charge in [0, 0.05) is 24.6 Å². The molecule has 5 heteroatoms. The van der Waals surface area contributed by atoms with Gasteiger partial charge in [0.25, 0.3) is 0 Å². The van der Waals surface area contributed by atoms with E-state index in [1.54, 1.807) is 13.8 Å². The van der Waals surface area contributed by atoms with Crippen molar-refractivity contribution in [3.63, 3.8) is 0 Å². The van der Waals surface area contributed by atoms with E-state index in [1.807, 2.05) is 11.8 Å². The van der Waals surface area contributed by atoms with Crippen LogP contribution in [0.1, 0.15) is 20.8 Å². The van der Waals surface area contributed by atoms with E-state index in [0.717, 1.165) is 11.7 Å². The van der Waals surface area contributed by atoms with E-state index < -0.39 is 5.60 Å². The molecule has 0 amide bonds. The SMILES string of the molecule is CCN(CC(C)(C)O)c1ncns1. The minimum atomic E-state index is -0.693. The molecule has 74 valence electrons. The number of hydrogen-bond donors (Lipinski definition) is 1. The van der Waals surface area contributed by atoms with Gasteiger partial charge in [-0.2, -0.15) is 4.37 Å². The summed E-state index contributed by atoms with van der Waals surface area (Å²) < 4.78 is 3.93. The van der Waals surface area contributed by atoms with Crippen molar-refractivity contribution in [1.82, 2.24) is 9.36 Å². The van der Waals surface area contributed by atoms with Crippen molar-refractivity contribution in [3.05, 3.63) is 6.33 Å². The molecule has 0 aliphatic carbocycles. The Labute approximate surface area is 82.4 Å². The normalized spacial score (nSPS) is 11.7. The van der Waals surface area contributed by atoms with E-state index in [0.29, 0.717) is 6.54 Å². The Morgan fingerprint density at radius 1 is 1.62 bits per heavy atom. The number of rotatable bonds is 4. The minimum absolute atomic E-state index is 0.582. The van der Waals surface area contributed by atoms with Crippen LogP contribution in [-0.4, -0.2) is 33.2 Å². The molecule has 4 nitrogen and oxygen atoms in total. The molecule has 0 aromatic carbocycles. The van der Waals surface area contributed by atoms with Gasteiger partial charge in [-0.1, -0.05) is 0 Å². The molecule has 0 aliphatic rings. The van der Waals surface area contributed by atoms with Crippen LogP contribution in [0, 0.1) is 0 Å². The standard InChI is InChI=1S/C8H15N3OS/c1-4-11(5-8(2,3)12)7-9-6-10-13-7/h6,12H,4-5H2,1-3H3. The number of aliphatic hydroxyl groups is 1. The fraction of sp³-hybridized carbons (Fsp3) is 0.750. The van der Waals surface area contributed by atoms with Crippen LogP contribution in [0.25, 0.3) is 0 Å². The molecule has 0 saturated heterocycles. The summed E-state index contributed by atoms with van der Waals surface area (Å²) in [6, 6.07) is 0. The van der Waals surface area contributed by atoms with E-state index in [4.69, 9.17) is 0 Å². The Bertz CT molecular complexity index is 242. The number of aromatic nitrogens is 2. The lowest BCUT2D eigenvalue weighted by Crippen LogP contribution is -2.38. The summed E-state index contributed by atoms with van der Waals surface area (Å²) in [6.45, 7) is 7.03. The maximum Gasteiger partial charge on any atom is 0.205 e. The number of nitrogens with zero attached hydrogens (tertiary/aromatic N) is 3. The second-order valence-corrected chi connectivity index (χ2v) is 4.31. The first kappa shape index (κ1) is 10.4. The maximum absolute atomic E-state index is 9.63. The van der Waals surface area contributed by atoms with Crippen LogP contribution < -0.4 is 4.90 Å². The Morgan fingerprint density at radius 3 is 2.69 bits per heavy atom. The summed E-state index contributed by atoms with van der Waals surface area (Å²) in [4.78, 5) is 6.11. The highest BCUT2D eigenvalue weighted by Gasteiger charge is 2.18. The van der Waals surface area contributed by atoms with Crippen molar-refractivity contribution >= 4 is 16.7 Å². The lowest BCUT2D eigenvalue weighted by Gasteiger charge is -2.27. The smallest absolute Gasteiger partial charge is 0.205 e. The molecule has 1 aromatic heterocycles. The van der Waals surface area contributed by atoms with Gasteiger partial charge in [-0.3, -0.25) is 0 Å². The van der Waals surface area contributed by atoms with Crippen LogP contribution in [0.15, 0.2) is 6.33 Å². The molecular weight excluding hydrogens is 186 g/mol. The monoisotopic (exact) mass is 201 g/mol. The molecule has 1 heterocycles.